The SMILES string of the molecule is CNCCc1ccc(NC=O)cc1. The molecule has 0 saturated carbocycles. The number of hydrogen-bond acceptors (Lipinski definition) is 2. The van der Waals surface area contributed by atoms with E-state index in [4.69, 9.17) is 0 Å². The average molecular weight is 178 g/mol. The molecule has 1 rings (SSSR count). The molecule has 0 unspecified atom stereocenters. The molecule has 0 spiro atoms. The molecule has 3 nitrogen and oxygen atoms in total. The van der Waals surface area contributed by atoms with Crippen LogP contribution in [0, 0.1) is 0 Å². The predicted molar refractivity (Wildman–Crippen MR) is 53.8 cm³/mol. The third kappa shape index (κ3) is 3.25. The molecule has 13 heavy (non-hydrogen) atoms. The molecule has 0 aliphatic heterocycles. The Hall–Kier alpha value is -1.35. The van der Waals surface area contributed by atoms with Crippen LogP contribution in [0.3, 0.4) is 0 Å². The molecule has 0 atom stereocenters. The first-order chi connectivity index (χ1) is 6.36. The van der Waals surface area contributed by atoms with E-state index in [1.807, 2.05) is 31.3 Å². The van der Waals surface area contributed by atoms with Crippen LogP contribution in [0.15, 0.2) is 24.3 Å². The topological polar surface area (TPSA) is 41.1 Å². The van der Waals surface area contributed by atoms with Gasteiger partial charge in [0.1, 0.15) is 0 Å². The molecular weight excluding hydrogens is 164 g/mol. The molecule has 1 aromatic carbocycles. The predicted octanol–water partition coefficient (Wildman–Crippen LogP) is 1.02. The summed E-state index contributed by atoms with van der Waals surface area (Å²) in [6.07, 6.45) is 1.69. The van der Waals surface area contributed by atoms with Gasteiger partial charge in [0, 0.05) is 5.69 Å². The molecule has 2 N–H and O–H groups in total. The number of benzene rings is 1. The Morgan fingerprint density at radius 3 is 2.54 bits per heavy atom. The van der Waals surface area contributed by atoms with E-state index in [1.165, 1.54) is 5.56 Å². The third-order valence-electron chi connectivity index (χ3n) is 1.84. The third-order valence-corrected chi connectivity index (χ3v) is 1.84. The van der Waals surface area contributed by atoms with E-state index in [-0.39, 0.29) is 0 Å². The largest absolute Gasteiger partial charge is 0.329 e. The Morgan fingerprint density at radius 2 is 2.00 bits per heavy atom. The maximum atomic E-state index is 10.1. The molecule has 0 fully saturated rings. The van der Waals surface area contributed by atoms with E-state index in [9.17, 15) is 4.79 Å². The lowest BCUT2D eigenvalue weighted by Crippen LogP contribution is -2.10. The van der Waals surface area contributed by atoms with Gasteiger partial charge in [-0.05, 0) is 37.7 Å². The van der Waals surface area contributed by atoms with Crippen molar-refractivity contribution < 1.29 is 4.79 Å². The number of likely N-dealkylation sites (N-methyl/N-ethyl adjacent to an activating group) is 1. The van der Waals surface area contributed by atoms with Crippen LogP contribution in [-0.2, 0) is 11.2 Å². The standard InChI is InChI=1S/C10H14N2O/c1-11-7-6-9-2-4-10(5-3-9)12-8-13/h2-5,8,11H,6-7H2,1H3,(H,12,13). The number of anilines is 1. The normalized spacial score (nSPS) is 9.62. The molecular formula is C10H14N2O. The smallest absolute Gasteiger partial charge is 0.211 e. The highest BCUT2D eigenvalue weighted by atomic mass is 16.1. The van der Waals surface area contributed by atoms with Crippen LogP contribution in [0.2, 0.25) is 0 Å². The van der Waals surface area contributed by atoms with Gasteiger partial charge in [-0.3, -0.25) is 4.79 Å². The van der Waals surface area contributed by atoms with Gasteiger partial charge in [-0.15, -0.1) is 0 Å². The van der Waals surface area contributed by atoms with Gasteiger partial charge in [-0.1, -0.05) is 12.1 Å². The summed E-state index contributed by atoms with van der Waals surface area (Å²) in [5.41, 5.74) is 2.11. The highest BCUT2D eigenvalue weighted by Crippen LogP contribution is 2.08. The van der Waals surface area contributed by atoms with Gasteiger partial charge in [-0.25, -0.2) is 0 Å². The van der Waals surface area contributed by atoms with Crippen LogP contribution in [-0.4, -0.2) is 20.0 Å². The number of carbonyl (C=O) groups is 1. The Bertz CT molecular complexity index is 256. The van der Waals surface area contributed by atoms with Gasteiger partial charge in [0.05, 0.1) is 0 Å². The fraction of sp³-hybridized carbons (Fsp3) is 0.300. The number of rotatable bonds is 5. The van der Waals surface area contributed by atoms with E-state index in [0.29, 0.717) is 6.41 Å². The van der Waals surface area contributed by atoms with Crippen LogP contribution in [0.1, 0.15) is 5.56 Å². The zero-order chi connectivity index (χ0) is 9.52. The highest BCUT2D eigenvalue weighted by molar-refractivity contribution is 5.70. The van der Waals surface area contributed by atoms with Crippen LogP contribution >= 0.6 is 0 Å². The van der Waals surface area contributed by atoms with Crippen molar-refractivity contribution in [1.82, 2.24) is 5.32 Å². The lowest BCUT2D eigenvalue weighted by atomic mass is 10.1. The maximum absolute atomic E-state index is 10.1. The molecule has 1 amide bonds. The van der Waals surface area contributed by atoms with E-state index in [0.717, 1.165) is 18.7 Å². The van der Waals surface area contributed by atoms with Crippen molar-refractivity contribution in [1.29, 1.82) is 0 Å². The quantitative estimate of drug-likeness (QED) is 0.661. The van der Waals surface area contributed by atoms with Gasteiger partial charge in [0.25, 0.3) is 0 Å². The van der Waals surface area contributed by atoms with E-state index in [2.05, 4.69) is 10.6 Å². The first kappa shape index (κ1) is 9.74. The van der Waals surface area contributed by atoms with Crippen molar-refractivity contribution in [3.05, 3.63) is 29.8 Å². The van der Waals surface area contributed by atoms with E-state index >= 15 is 0 Å². The second-order valence-corrected chi connectivity index (χ2v) is 2.81. The molecule has 0 aliphatic carbocycles. The minimum absolute atomic E-state index is 0.683. The van der Waals surface area contributed by atoms with Crippen molar-refractivity contribution >= 4 is 12.1 Å². The summed E-state index contributed by atoms with van der Waals surface area (Å²) in [6.45, 7) is 0.973. The first-order valence-electron chi connectivity index (χ1n) is 4.30. The molecule has 0 aromatic heterocycles. The van der Waals surface area contributed by atoms with Crippen LogP contribution < -0.4 is 10.6 Å². The summed E-state index contributed by atoms with van der Waals surface area (Å²) in [5, 5.41) is 5.68. The lowest BCUT2D eigenvalue weighted by molar-refractivity contribution is -0.105. The minimum atomic E-state index is 0.683. The Balaban J connectivity index is 2.53. The van der Waals surface area contributed by atoms with Crippen LogP contribution in [0.25, 0.3) is 0 Å². The molecule has 1 aromatic rings. The van der Waals surface area contributed by atoms with E-state index in [1.54, 1.807) is 0 Å². The van der Waals surface area contributed by atoms with Crippen LogP contribution in [0.5, 0.6) is 0 Å². The molecule has 70 valence electrons. The number of amides is 1. The summed E-state index contributed by atoms with van der Waals surface area (Å²) in [7, 11) is 1.93. The monoisotopic (exact) mass is 178 g/mol. The van der Waals surface area contributed by atoms with Gasteiger partial charge in [-0.2, -0.15) is 0 Å². The Labute approximate surface area is 78.2 Å². The summed E-state index contributed by atoms with van der Waals surface area (Å²) < 4.78 is 0. The summed E-state index contributed by atoms with van der Waals surface area (Å²) in [6, 6.07) is 7.84. The van der Waals surface area contributed by atoms with E-state index < -0.39 is 0 Å². The van der Waals surface area contributed by atoms with Crippen molar-refractivity contribution in [3.8, 4) is 0 Å². The van der Waals surface area contributed by atoms with Gasteiger partial charge < -0.3 is 10.6 Å². The lowest BCUT2D eigenvalue weighted by Gasteiger charge is -2.02. The highest BCUT2D eigenvalue weighted by Gasteiger charge is 1.92. The Morgan fingerprint density at radius 1 is 1.31 bits per heavy atom. The zero-order valence-electron chi connectivity index (χ0n) is 7.71. The summed E-state index contributed by atoms with van der Waals surface area (Å²) in [4.78, 5) is 10.1. The second-order valence-electron chi connectivity index (χ2n) is 2.81. The number of hydrogen-bond donors (Lipinski definition) is 2. The maximum Gasteiger partial charge on any atom is 0.211 e. The van der Waals surface area contributed by atoms with Crippen molar-refractivity contribution in [2.45, 2.75) is 6.42 Å². The first-order valence-corrected chi connectivity index (χ1v) is 4.30. The van der Waals surface area contributed by atoms with Crippen molar-refractivity contribution in [2.24, 2.45) is 0 Å². The van der Waals surface area contributed by atoms with Crippen molar-refractivity contribution in [3.63, 3.8) is 0 Å². The average Bonchev–Trinajstić information content (AvgIpc) is 2.17. The van der Waals surface area contributed by atoms with Gasteiger partial charge in [0.15, 0.2) is 0 Å². The fourth-order valence-electron chi connectivity index (χ4n) is 1.11. The zero-order valence-corrected chi connectivity index (χ0v) is 7.71. The second kappa shape index (κ2) is 5.32. The molecule has 0 heterocycles. The number of nitrogens with one attached hydrogen (secondary N) is 2. The summed E-state index contributed by atoms with van der Waals surface area (Å²) >= 11 is 0. The van der Waals surface area contributed by atoms with Crippen molar-refractivity contribution in [2.75, 3.05) is 18.9 Å². The fourth-order valence-corrected chi connectivity index (χ4v) is 1.11. The number of carbonyl (C=O) groups excluding carboxylic acids is 1. The Kier molecular flexibility index (Phi) is 3.99. The van der Waals surface area contributed by atoms with Gasteiger partial charge in [0.2, 0.25) is 6.41 Å². The molecule has 0 bridgehead atoms. The molecule has 0 saturated heterocycles. The minimum Gasteiger partial charge on any atom is -0.329 e. The van der Waals surface area contributed by atoms with Crippen LogP contribution in [0.4, 0.5) is 5.69 Å². The van der Waals surface area contributed by atoms with Gasteiger partial charge >= 0.3 is 0 Å². The molecule has 0 radical (unpaired) electrons. The molecule has 0 aliphatic rings. The summed E-state index contributed by atoms with van der Waals surface area (Å²) in [5.74, 6) is 0. The molecule has 3 heteroatoms.